The van der Waals surface area contributed by atoms with Crippen LogP contribution in [0.5, 0.6) is 5.75 Å². The van der Waals surface area contributed by atoms with E-state index < -0.39 is 36.2 Å². The fourth-order valence-corrected chi connectivity index (χ4v) is 2.49. The second-order valence-electron chi connectivity index (χ2n) is 5.04. The number of esters is 1. The van der Waals surface area contributed by atoms with Gasteiger partial charge in [0.15, 0.2) is 6.61 Å². The van der Waals surface area contributed by atoms with Gasteiger partial charge in [-0.05, 0) is 18.2 Å². The standard InChI is InChI=1S/C15H16ClFN2O5/c1-23-14(21)7-11-15(22)18-4-5-19(11)13(20)8-24-12-3-2-9(17)6-10(12)16/h2-3,6,11H,4-5,7-8H2,1H3,(H,18,22)/t11-/m0/s1. The van der Waals surface area contributed by atoms with Crippen molar-refractivity contribution in [1.29, 1.82) is 0 Å². The van der Waals surface area contributed by atoms with E-state index in [0.717, 1.165) is 12.1 Å². The van der Waals surface area contributed by atoms with E-state index in [9.17, 15) is 18.8 Å². The van der Waals surface area contributed by atoms with Crippen molar-refractivity contribution in [3.8, 4) is 5.75 Å². The molecule has 1 saturated heterocycles. The van der Waals surface area contributed by atoms with Crippen molar-refractivity contribution in [2.75, 3.05) is 26.8 Å². The zero-order valence-electron chi connectivity index (χ0n) is 12.9. The van der Waals surface area contributed by atoms with Crippen molar-refractivity contribution in [1.82, 2.24) is 10.2 Å². The molecule has 1 aromatic rings. The zero-order chi connectivity index (χ0) is 17.7. The third-order valence-corrected chi connectivity index (χ3v) is 3.78. The number of rotatable bonds is 5. The number of carbonyl (C=O) groups excluding carboxylic acids is 3. The summed E-state index contributed by atoms with van der Waals surface area (Å²) in [6, 6.07) is 2.57. The van der Waals surface area contributed by atoms with Gasteiger partial charge in [0.2, 0.25) is 5.91 Å². The molecule has 24 heavy (non-hydrogen) atoms. The van der Waals surface area contributed by atoms with Crippen LogP contribution in [-0.4, -0.2) is 55.5 Å². The molecule has 1 aliphatic rings. The molecule has 0 aromatic heterocycles. The predicted octanol–water partition coefficient (Wildman–Crippen LogP) is 0.748. The fraction of sp³-hybridized carbons (Fsp3) is 0.400. The molecule has 0 unspecified atom stereocenters. The second-order valence-corrected chi connectivity index (χ2v) is 5.44. The van der Waals surface area contributed by atoms with Gasteiger partial charge in [0, 0.05) is 13.1 Å². The van der Waals surface area contributed by atoms with Crippen LogP contribution in [-0.2, 0) is 19.1 Å². The number of halogens is 2. The number of amides is 2. The average molecular weight is 359 g/mol. The third-order valence-electron chi connectivity index (χ3n) is 3.48. The minimum atomic E-state index is -0.953. The molecule has 0 spiro atoms. The van der Waals surface area contributed by atoms with Gasteiger partial charge >= 0.3 is 5.97 Å². The summed E-state index contributed by atoms with van der Waals surface area (Å²) in [7, 11) is 1.20. The highest BCUT2D eigenvalue weighted by Gasteiger charge is 2.35. The molecule has 1 aliphatic heterocycles. The minimum Gasteiger partial charge on any atom is -0.482 e. The van der Waals surface area contributed by atoms with Crippen LogP contribution < -0.4 is 10.1 Å². The molecule has 1 heterocycles. The molecule has 0 saturated carbocycles. The molecule has 0 aliphatic carbocycles. The van der Waals surface area contributed by atoms with Crippen LogP contribution in [0.2, 0.25) is 5.02 Å². The summed E-state index contributed by atoms with van der Waals surface area (Å²) in [6.07, 6.45) is -0.245. The van der Waals surface area contributed by atoms with Crippen molar-refractivity contribution in [3.05, 3.63) is 29.0 Å². The molecular weight excluding hydrogens is 343 g/mol. The van der Waals surface area contributed by atoms with Gasteiger partial charge in [-0.15, -0.1) is 0 Å². The Kier molecular flexibility index (Phi) is 5.97. The van der Waals surface area contributed by atoms with Crippen LogP contribution in [0.15, 0.2) is 18.2 Å². The van der Waals surface area contributed by atoms with Gasteiger partial charge in [0.25, 0.3) is 5.91 Å². The maximum atomic E-state index is 13.0. The average Bonchev–Trinajstić information content (AvgIpc) is 2.55. The van der Waals surface area contributed by atoms with Crippen molar-refractivity contribution in [2.24, 2.45) is 0 Å². The number of piperazine rings is 1. The van der Waals surface area contributed by atoms with E-state index in [1.807, 2.05) is 0 Å². The first-order valence-electron chi connectivity index (χ1n) is 7.14. The molecule has 1 atom stereocenters. The van der Waals surface area contributed by atoms with Gasteiger partial charge in [-0.1, -0.05) is 11.6 Å². The Morgan fingerprint density at radius 3 is 2.88 bits per heavy atom. The molecule has 0 radical (unpaired) electrons. The van der Waals surface area contributed by atoms with E-state index >= 15 is 0 Å². The van der Waals surface area contributed by atoms with Gasteiger partial charge < -0.3 is 19.7 Å². The Balaban J connectivity index is 2.03. The van der Waals surface area contributed by atoms with Crippen LogP contribution in [0.4, 0.5) is 4.39 Å². The van der Waals surface area contributed by atoms with Crippen molar-refractivity contribution in [3.63, 3.8) is 0 Å². The number of nitrogens with one attached hydrogen (secondary N) is 1. The topological polar surface area (TPSA) is 84.9 Å². The lowest BCUT2D eigenvalue weighted by atomic mass is 10.1. The predicted molar refractivity (Wildman–Crippen MR) is 82.0 cm³/mol. The maximum absolute atomic E-state index is 13.0. The normalized spacial score (nSPS) is 17.2. The number of carbonyl (C=O) groups is 3. The molecular formula is C15H16ClFN2O5. The zero-order valence-corrected chi connectivity index (χ0v) is 13.6. The van der Waals surface area contributed by atoms with Gasteiger partial charge in [0.1, 0.15) is 17.6 Å². The lowest BCUT2D eigenvalue weighted by molar-refractivity contribution is -0.151. The Hall–Kier alpha value is -2.35. The molecule has 9 heteroatoms. The van der Waals surface area contributed by atoms with E-state index in [1.54, 1.807) is 0 Å². The molecule has 130 valence electrons. The Bertz CT molecular complexity index is 655. The number of methoxy groups -OCH3 is 1. The summed E-state index contributed by atoms with van der Waals surface area (Å²) in [4.78, 5) is 36.9. The summed E-state index contributed by atoms with van der Waals surface area (Å²) in [6.45, 7) is 0.128. The summed E-state index contributed by atoms with van der Waals surface area (Å²) in [5, 5.41) is 2.62. The van der Waals surface area contributed by atoms with Crippen molar-refractivity contribution in [2.45, 2.75) is 12.5 Å². The first-order chi connectivity index (χ1) is 11.4. The summed E-state index contributed by atoms with van der Waals surface area (Å²) >= 11 is 5.82. The summed E-state index contributed by atoms with van der Waals surface area (Å²) < 4.78 is 22.8. The highest BCUT2D eigenvalue weighted by atomic mass is 35.5. The van der Waals surface area contributed by atoms with Gasteiger partial charge in [0.05, 0.1) is 18.6 Å². The molecule has 1 aromatic carbocycles. The second kappa shape index (κ2) is 7.96. The van der Waals surface area contributed by atoms with Crippen LogP contribution in [0.3, 0.4) is 0 Å². The number of benzene rings is 1. The first kappa shape index (κ1) is 18.0. The van der Waals surface area contributed by atoms with Crippen molar-refractivity contribution >= 4 is 29.4 Å². The van der Waals surface area contributed by atoms with Gasteiger partial charge in [-0.25, -0.2) is 4.39 Å². The van der Waals surface area contributed by atoms with Crippen molar-refractivity contribution < 1.29 is 28.2 Å². The molecule has 0 bridgehead atoms. The van der Waals surface area contributed by atoms with E-state index in [0.29, 0.717) is 0 Å². The maximum Gasteiger partial charge on any atom is 0.308 e. The van der Waals surface area contributed by atoms with E-state index in [4.69, 9.17) is 16.3 Å². The number of hydrogen-bond acceptors (Lipinski definition) is 5. The number of ether oxygens (including phenoxy) is 2. The smallest absolute Gasteiger partial charge is 0.308 e. The van der Waals surface area contributed by atoms with Crippen LogP contribution >= 0.6 is 11.6 Å². The number of nitrogens with zero attached hydrogens (tertiary/aromatic N) is 1. The quantitative estimate of drug-likeness (QED) is 0.785. The van der Waals surface area contributed by atoms with Gasteiger partial charge in [-0.3, -0.25) is 14.4 Å². The monoisotopic (exact) mass is 358 g/mol. The number of hydrogen-bond donors (Lipinski definition) is 1. The largest absolute Gasteiger partial charge is 0.482 e. The highest BCUT2D eigenvalue weighted by molar-refractivity contribution is 6.32. The summed E-state index contributed by atoms with van der Waals surface area (Å²) in [5.74, 6) is -1.89. The van der Waals surface area contributed by atoms with Crippen LogP contribution in [0.25, 0.3) is 0 Å². The fourth-order valence-electron chi connectivity index (χ4n) is 2.27. The highest BCUT2D eigenvalue weighted by Crippen LogP contribution is 2.25. The lowest BCUT2D eigenvalue weighted by Gasteiger charge is -2.34. The lowest BCUT2D eigenvalue weighted by Crippen LogP contribution is -2.58. The Labute approximate surface area is 142 Å². The molecule has 1 N–H and O–H groups in total. The van der Waals surface area contributed by atoms with E-state index in [1.165, 1.54) is 18.1 Å². The first-order valence-corrected chi connectivity index (χ1v) is 7.52. The summed E-state index contributed by atoms with van der Waals surface area (Å²) in [5.41, 5.74) is 0. The molecule has 2 amide bonds. The molecule has 7 nitrogen and oxygen atoms in total. The minimum absolute atomic E-state index is 0.0327. The van der Waals surface area contributed by atoms with E-state index in [-0.39, 0.29) is 30.3 Å². The Morgan fingerprint density at radius 1 is 1.46 bits per heavy atom. The SMILES string of the molecule is COC(=O)C[C@H]1C(=O)NCCN1C(=O)COc1ccc(F)cc1Cl. The van der Waals surface area contributed by atoms with Crippen LogP contribution in [0, 0.1) is 5.82 Å². The Morgan fingerprint density at radius 2 is 2.21 bits per heavy atom. The molecule has 2 rings (SSSR count). The molecule has 1 fully saturated rings. The third kappa shape index (κ3) is 4.35. The van der Waals surface area contributed by atoms with E-state index in [2.05, 4.69) is 10.1 Å². The van der Waals surface area contributed by atoms with Gasteiger partial charge in [-0.2, -0.15) is 0 Å². The van der Waals surface area contributed by atoms with Crippen LogP contribution in [0.1, 0.15) is 6.42 Å².